The Labute approximate surface area is 269 Å². The zero-order chi connectivity index (χ0) is 31.9. The first-order valence-electron chi connectivity index (χ1n) is 14.9. The van der Waals surface area contributed by atoms with E-state index in [1.807, 2.05) is 72.9 Å². The summed E-state index contributed by atoms with van der Waals surface area (Å²) in [5.74, 6) is 2.12. The molecule has 2 heterocycles. The van der Waals surface area contributed by atoms with Crippen molar-refractivity contribution in [2.45, 2.75) is 39.2 Å². The maximum absolute atomic E-state index is 13.0. The Balaban J connectivity index is 1.28. The summed E-state index contributed by atoms with van der Waals surface area (Å²) >= 11 is 6.58. The van der Waals surface area contributed by atoms with Gasteiger partial charge < -0.3 is 29.7 Å². The molecule has 0 fully saturated rings. The zero-order valence-corrected chi connectivity index (χ0v) is 26.9. The molecule has 3 aromatic carbocycles. The smallest absolute Gasteiger partial charge is 0.220 e. The largest absolute Gasteiger partial charge is 0.496 e. The molecule has 0 spiro atoms. The number of pyridine rings is 1. The average Bonchev–Trinajstić information content (AvgIpc) is 3.40. The van der Waals surface area contributed by atoms with Gasteiger partial charge in [0.2, 0.25) is 5.91 Å². The van der Waals surface area contributed by atoms with Gasteiger partial charge in [-0.25, -0.2) is 4.98 Å². The average molecular weight is 627 g/mol. The molecule has 9 heteroatoms. The van der Waals surface area contributed by atoms with Crippen molar-refractivity contribution in [2.24, 2.45) is 5.92 Å². The first-order valence-corrected chi connectivity index (χ1v) is 15.3. The maximum Gasteiger partial charge on any atom is 0.220 e. The van der Waals surface area contributed by atoms with Crippen LogP contribution in [-0.2, 0) is 24.2 Å². The van der Waals surface area contributed by atoms with Gasteiger partial charge in [-0.15, -0.1) is 0 Å². The monoisotopic (exact) mass is 626 g/mol. The molecule has 1 amide bonds. The number of methoxy groups -OCH3 is 3. The molecule has 0 aliphatic carbocycles. The number of rotatable bonds is 13. The van der Waals surface area contributed by atoms with Gasteiger partial charge in [-0.05, 0) is 77.9 Å². The van der Waals surface area contributed by atoms with E-state index >= 15 is 0 Å². The summed E-state index contributed by atoms with van der Waals surface area (Å²) in [6, 6.07) is 23.7. The van der Waals surface area contributed by atoms with Crippen molar-refractivity contribution in [1.82, 2.24) is 14.7 Å². The lowest BCUT2D eigenvalue weighted by atomic mass is 9.96. The Morgan fingerprint density at radius 1 is 0.933 bits per heavy atom. The summed E-state index contributed by atoms with van der Waals surface area (Å²) in [6.07, 6.45) is 4.39. The summed E-state index contributed by atoms with van der Waals surface area (Å²) in [4.78, 5) is 17.9. The Morgan fingerprint density at radius 3 is 2.47 bits per heavy atom. The number of anilines is 1. The van der Waals surface area contributed by atoms with Crippen LogP contribution in [0.3, 0.4) is 0 Å². The van der Waals surface area contributed by atoms with Gasteiger partial charge in [0.05, 0.1) is 44.3 Å². The van der Waals surface area contributed by atoms with Gasteiger partial charge in [0.15, 0.2) is 11.5 Å². The third kappa shape index (κ3) is 7.35. The molecule has 1 atom stereocenters. The number of aromatic nitrogens is 2. The minimum absolute atomic E-state index is 0.0236. The summed E-state index contributed by atoms with van der Waals surface area (Å²) in [5.41, 5.74) is 13.5. The lowest BCUT2D eigenvalue weighted by Gasteiger charge is -2.16. The van der Waals surface area contributed by atoms with Crippen molar-refractivity contribution in [1.29, 1.82) is 0 Å². The minimum atomic E-state index is -0.0236. The van der Waals surface area contributed by atoms with Crippen LogP contribution in [0, 0.1) is 5.92 Å². The van der Waals surface area contributed by atoms with Crippen molar-refractivity contribution in [2.75, 3.05) is 27.1 Å². The van der Waals surface area contributed by atoms with Crippen LogP contribution >= 0.6 is 11.6 Å². The normalized spacial score (nSPS) is 11.8. The number of hydrogen-bond donors (Lipinski definition) is 2. The number of imidazole rings is 1. The van der Waals surface area contributed by atoms with Crippen LogP contribution in [0.1, 0.15) is 42.3 Å². The molecule has 45 heavy (non-hydrogen) atoms. The lowest BCUT2D eigenvalue weighted by molar-refractivity contribution is -0.121. The Morgan fingerprint density at radius 2 is 1.71 bits per heavy atom. The van der Waals surface area contributed by atoms with E-state index in [0.717, 1.165) is 51.5 Å². The number of nitrogen functional groups attached to an aromatic ring is 1. The summed E-state index contributed by atoms with van der Waals surface area (Å²) < 4.78 is 18.6. The van der Waals surface area contributed by atoms with Crippen molar-refractivity contribution < 1.29 is 19.0 Å². The molecular formula is C36H39ClN4O4. The van der Waals surface area contributed by atoms with Gasteiger partial charge in [-0.2, -0.15) is 0 Å². The highest BCUT2D eigenvalue weighted by Gasteiger charge is 2.18. The van der Waals surface area contributed by atoms with E-state index in [9.17, 15) is 4.79 Å². The van der Waals surface area contributed by atoms with E-state index in [4.69, 9.17) is 36.5 Å². The number of carbonyl (C=O) groups is 1. The molecule has 0 aliphatic heterocycles. The predicted octanol–water partition coefficient (Wildman–Crippen LogP) is 7.13. The van der Waals surface area contributed by atoms with Crippen molar-refractivity contribution >= 4 is 28.8 Å². The van der Waals surface area contributed by atoms with E-state index in [-0.39, 0.29) is 11.8 Å². The summed E-state index contributed by atoms with van der Waals surface area (Å²) in [7, 11) is 4.83. The molecule has 5 aromatic rings. The molecule has 0 radical (unpaired) electrons. The maximum atomic E-state index is 13.0. The molecule has 5 rings (SSSR count). The van der Waals surface area contributed by atoms with Crippen LogP contribution in [0.15, 0.2) is 79.0 Å². The minimum Gasteiger partial charge on any atom is -0.496 e. The molecule has 0 saturated heterocycles. The molecule has 3 N–H and O–H groups in total. The van der Waals surface area contributed by atoms with Gasteiger partial charge >= 0.3 is 0 Å². The molecule has 0 saturated carbocycles. The second-order valence-electron chi connectivity index (χ2n) is 11.2. The van der Waals surface area contributed by atoms with Crippen LogP contribution in [0.25, 0.3) is 16.8 Å². The van der Waals surface area contributed by atoms with E-state index in [2.05, 4.69) is 22.7 Å². The standard InChI is InChI=1S/C36H39ClN4O4/c1-23(18-26-13-15-32(44-3)36(45-4)35(26)37)11-16-34(42)39-22-29-30(41-17-6-5-10-33(41)40-29)21-27-19-25(12-14-31(27)43-2)24-8-7-9-28(38)20-24/h5-10,12-15,17,19-20,23H,11,16,18,21-22,38H2,1-4H3,(H,39,42). The highest BCUT2D eigenvalue weighted by molar-refractivity contribution is 6.33. The highest BCUT2D eigenvalue weighted by Crippen LogP contribution is 2.38. The fourth-order valence-electron chi connectivity index (χ4n) is 5.63. The number of benzene rings is 3. The molecule has 8 nitrogen and oxygen atoms in total. The number of amides is 1. The Bertz CT molecular complexity index is 1800. The lowest BCUT2D eigenvalue weighted by Crippen LogP contribution is -2.24. The zero-order valence-electron chi connectivity index (χ0n) is 26.1. The molecule has 2 aromatic heterocycles. The van der Waals surface area contributed by atoms with Crippen molar-refractivity contribution in [3.05, 3.63) is 107 Å². The van der Waals surface area contributed by atoms with Crippen LogP contribution < -0.4 is 25.3 Å². The predicted molar refractivity (Wildman–Crippen MR) is 179 cm³/mol. The SMILES string of the molecule is COc1ccc(-c2cccc(N)c2)cc1Cc1c(CNC(=O)CCC(C)Cc2ccc(OC)c(OC)c2Cl)nc2ccccn12. The topological polar surface area (TPSA) is 100 Å². The third-order valence-electron chi connectivity index (χ3n) is 8.02. The van der Waals surface area contributed by atoms with E-state index in [1.165, 1.54) is 0 Å². The molecule has 0 aliphatic rings. The molecular weight excluding hydrogens is 588 g/mol. The second kappa shape index (κ2) is 14.4. The number of carbonyl (C=O) groups excluding carboxylic acids is 1. The van der Waals surface area contributed by atoms with Gasteiger partial charge in [-0.1, -0.05) is 48.9 Å². The van der Waals surface area contributed by atoms with Gasteiger partial charge in [0, 0.05) is 30.3 Å². The van der Waals surface area contributed by atoms with Crippen molar-refractivity contribution in [3.8, 4) is 28.4 Å². The third-order valence-corrected chi connectivity index (χ3v) is 8.44. The highest BCUT2D eigenvalue weighted by atomic mass is 35.5. The first-order chi connectivity index (χ1) is 21.8. The molecule has 0 bridgehead atoms. The van der Waals surface area contributed by atoms with E-state index in [0.29, 0.717) is 48.0 Å². The fourth-order valence-corrected chi connectivity index (χ4v) is 5.94. The number of nitrogens with zero attached hydrogens (tertiary/aromatic N) is 2. The molecule has 1 unspecified atom stereocenters. The summed E-state index contributed by atoms with van der Waals surface area (Å²) in [6.45, 7) is 2.44. The number of halogens is 1. The number of nitrogens with one attached hydrogen (secondary N) is 1. The first kappa shape index (κ1) is 31.7. The fraction of sp³-hybridized carbons (Fsp3) is 0.278. The van der Waals surface area contributed by atoms with Crippen molar-refractivity contribution in [3.63, 3.8) is 0 Å². The van der Waals surface area contributed by atoms with Crippen LogP contribution in [0.4, 0.5) is 5.69 Å². The van der Waals surface area contributed by atoms with Crippen LogP contribution in [-0.4, -0.2) is 36.6 Å². The second-order valence-corrected chi connectivity index (χ2v) is 11.5. The Kier molecular flexibility index (Phi) is 10.1. The molecule has 234 valence electrons. The van der Waals surface area contributed by atoms with Gasteiger partial charge in [-0.3, -0.25) is 4.79 Å². The quantitative estimate of drug-likeness (QED) is 0.135. The van der Waals surface area contributed by atoms with Gasteiger partial charge in [0.25, 0.3) is 0 Å². The number of ether oxygens (including phenoxy) is 3. The van der Waals surface area contributed by atoms with Crippen LogP contribution in [0.5, 0.6) is 17.2 Å². The summed E-state index contributed by atoms with van der Waals surface area (Å²) in [5, 5.41) is 3.64. The number of hydrogen-bond acceptors (Lipinski definition) is 6. The van der Waals surface area contributed by atoms with E-state index in [1.54, 1.807) is 21.3 Å². The van der Waals surface area contributed by atoms with Gasteiger partial charge in [0.1, 0.15) is 11.4 Å². The van der Waals surface area contributed by atoms with Crippen LogP contribution in [0.2, 0.25) is 5.02 Å². The number of nitrogens with two attached hydrogens (primary N) is 1. The number of fused-ring (bicyclic) bond motifs is 1. The van der Waals surface area contributed by atoms with E-state index < -0.39 is 0 Å². The Hall–Kier alpha value is -4.69.